The summed E-state index contributed by atoms with van der Waals surface area (Å²) in [5.74, 6) is -0.989. The van der Waals surface area contributed by atoms with E-state index in [1.807, 2.05) is 0 Å². The maximum Gasteiger partial charge on any atom is 0.394 e. The molecule has 2 aromatic rings. The molecule has 0 unspecified atom stereocenters. The lowest BCUT2D eigenvalue weighted by Gasteiger charge is -1.97. The van der Waals surface area contributed by atoms with E-state index in [0.717, 1.165) is 12.8 Å². The highest BCUT2D eigenvalue weighted by Crippen LogP contribution is 2.21. The van der Waals surface area contributed by atoms with Crippen molar-refractivity contribution < 1.29 is 19.1 Å². The fourth-order valence-corrected chi connectivity index (χ4v) is 1.40. The van der Waals surface area contributed by atoms with Gasteiger partial charge in [-0.25, -0.2) is 4.79 Å². The van der Waals surface area contributed by atoms with Crippen LogP contribution >= 0.6 is 0 Å². The number of nitrogens with zero attached hydrogens (tertiary/aromatic N) is 1. The number of carboxylic acids is 1. The molecule has 0 aliphatic heterocycles. The number of hydrogen-bond acceptors (Lipinski definition) is 4. The standard InChI is InChI=1S/C12H13NO4/c1-2-3-6-16-12-13-9-5-4-8(11(14)15)7-10(9)17-12/h4-5,7H,2-3,6H2,1H3,(H,14,15). The number of unbranched alkanes of at least 4 members (excludes halogenated alkanes) is 1. The summed E-state index contributed by atoms with van der Waals surface area (Å²) in [4.78, 5) is 14.9. The summed E-state index contributed by atoms with van der Waals surface area (Å²) in [5, 5.41) is 8.83. The van der Waals surface area contributed by atoms with Crippen LogP contribution in [0.25, 0.3) is 11.1 Å². The Bertz CT molecular complexity index is 532. The first-order chi connectivity index (χ1) is 8.20. The van der Waals surface area contributed by atoms with Gasteiger partial charge in [-0.2, -0.15) is 4.98 Å². The Morgan fingerprint density at radius 1 is 1.53 bits per heavy atom. The number of oxazole rings is 1. The third-order valence-electron chi connectivity index (χ3n) is 2.34. The van der Waals surface area contributed by atoms with Gasteiger partial charge in [-0.15, -0.1) is 0 Å². The molecule has 0 radical (unpaired) electrons. The zero-order valence-electron chi connectivity index (χ0n) is 9.47. The minimum absolute atomic E-state index is 0.175. The van der Waals surface area contributed by atoms with Crippen molar-refractivity contribution in [3.63, 3.8) is 0 Å². The van der Waals surface area contributed by atoms with E-state index < -0.39 is 5.97 Å². The summed E-state index contributed by atoms with van der Waals surface area (Å²) < 4.78 is 10.6. The number of fused-ring (bicyclic) bond motifs is 1. The molecule has 0 aliphatic rings. The van der Waals surface area contributed by atoms with Crippen molar-refractivity contribution in [2.24, 2.45) is 0 Å². The molecule has 0 aliphatic carbocycles. The first kappa shape index (κ1) is 11.4. The van der Waals surface area contributed by atoms with Crippen molar-refractivity contribution in [3.8, 4) is 6.08 Å². The van der Waals surface area contributed by atoms with Crippen LogP contribution in [0.5, 0.6) is 6.08 Å². The number of hydrogen-bond donors (Lipinski definition) is 1. The number of ether oxygens (including phenoxy) is 1. The summed E-state index contributed by atoms with van der Waals surface area (Å²) in [7, 11) is 0. The summed E-state index contributed by atoms with van der Waals surface area (Å²) in [6, 6.07) is 4.54. The molecule has 0 saturated heterocycles. The van der Waals surface area contributed by atoms with E-state index in [-0.39, 0.29) is 11.6 Å². The number of rotatable bonds is 5. The highest BCUT2D eigenvalue weighted by atomic mass is 16.6. The highest BCUT2D eigenvalue weighted by molar-refractivity contribution is 5.91. The van der Waals surface area contributed by atoms with Crippen LogP contribution in [-0.4, -0.2) is 22.7 Å². The van der Waals surface area contributed by atoms with Crippen molar-refractivity contribution in [2.45, 2.75) is 19.8 Å². The fraction of sp³-hybridized carbons (Fsp3) is 0.333. The molecule has 0 fully saturated rings. The van der Waals surface area contributed by atoms with Gasteiger partial charge in [0.2, 0.25) is 0 Å². The minimum Gasteiger partial charge on any atom is -0.478 e. The summed E-state index contributed by atoms with van der Waals surface area (Å²) >= 11 is 0. The lowest BCUT2D eigenvalue weighted by Crippen LogP contribution is -1.95. The maximum absolute atomic E-state index is 10.8. The van der Waals surface area contributed by atoms with Crippen LogP contribution in [0.3, 0.4) is 0 Å². The normalized spacial score (nSPS) is 10.6. The molecule has 0 atom stereocenters. The average molecular weight is 235 g/mol. The highest BCUT2D eigenvalue weighted by Gasteiger charge is 2.10. The van der Waals surface area contributed by atoms with Gasteiger partial charge in [-0.1, -0.05) is 13.3 Å². The van der Waals surface area contributed by atoms with E-state index in [0.29, 0.717) is 17.7 Å². The lowest BCUT2D eigenvalue weighted by atomic mass is 10.2. The molecule has 0 saturated carbocycles. The summed E-state index contributed by atoms with van der Waals surface area (Å²) in [6.07, 6.45) is 2.15. The molecule has 5 nitrogen and oxygen atoms in total. The Morgan fingerprint density at radius 3 is 3.06 bits per heavy atom. The molecule has 90 valence electrons. The van der Waals surface area contributed by atoms with Crippen LogP contribution in [0.15, 0.2) is 22.6 Å². The van der Waals surface area contributed by atoms with Crippen LogP contribution in [0, 0.1) is 0 Å². The van der Waals surface area contributed by atoms with E-state index in [1.54, 1.807) is 6.07 Å². The molecule has 2 rings (SSSR count). The second-order valence-electron chi connectivity index (χ2n) is 3.67. The Labute approximate surface area is 98.0 Å². The lowest BCUT2D eigenvalue weighted by molar-refractivity contribution is 0.0697. The maximum atomic E-state index is 10.8. The summed E-state index contributed by atoms with van der Waals surface area (Å²) in [5.41, 5.74) is 1.20. The van der Waals surface area contributed by atoms with Gasteiger partial charge in [-0.05, 0) is 24.6 Å². The largest absolute Gasteiger partial charge is 0.478 e. The van der Waals surface area contributed by atoms with Crippen molar-refractivity contribution >= 4 is 17.1 Å². The topological polar surface area (TPSA) is 72.6 Å². The van der Waals surface area contributed by atoms with Gasteiger partial charge in [0.05, 0.1) is 12.2 Å². The fourth-order valence-electron chi connectivity index (χ4n) is 1.40. The SMILES string of the molecule is CCCCOc1nc2ccc(C(=O)O)cc2o1. The van der Waals surface area contributed by atoms with Crippen molar-refractivity contribution in [3.05, 3.63) is 23.8 Å². The van der Waals surface area contributed by atoms with Crippen LogP contribution in [0.2, 0.25) is 0 Å². The Morgan fingerprint density at radius 2 is 2.35 bits per heavy atom. The monoisotopic (exact) mass is 235 g/mol. The smallest absolute Gasteiger partial charge is 0.394 e. The Kier molecular flexibility index (Phi) is 3.27. The average Bonchev–Trinajstić information content (AvgIpc) is 2.70. The van der Waals surface area contributed by atoms with E-state index in [1.165, 1.54) is 12.1 Å². The minimum atomic E-state index is -0.989. The molecule has 1 heterocycles. The quantitative estimate of drug-likeness (QED) is 0.806. The molecular formula is C12H13NO4. The van der Waals surface area contributed by atoms with E-state index in [2.05, 4.69) is 11.9 Å². The third kappa shape index (κ3) is 2.55. The van der Waals surface area contributed by atoms with Crippen molar-refractivity contribution in [2.75, 3.05) is 6.61 Å². The van der Waals surface area contributed by atoms with E-state index >= 15 is 0 Å². The second kappa shape index (κ2) is 4.86. The molecule has 0 spiro atoms. The molecule has 1 aromatic carbocycles. The van der Waals surface area contributed by atoms with Crippen molar-refractivity contribution in [1.29, 1.82) is 0 Å². The zero-order chi connectivity index (χ0) is 12.3. The molecule has 5 heteroatoms. The molecule has 1 aromatic heterocycles. The first-order valence-electron chi connectivity index (χ1n) is 5.47. The third-order valence-corrected chi connectivity index (χ3v) is 2.34. The van der Waals surface area contributed by atoms with Gasteiger partial charge in [0.25, 0.3) is 0 Å². The Balaban J connectivity index is 2.21. The molecule has 1 N–H and O–H groups in total. The number of carbonyl (C=O) groups is 1. The number of benzene rings is 1. The number of aromatic nitrogens is 1. The van der Waals surface area contributed by atoms with Crippen molar-refractivity contribution in [1.82, 2.24) is 4.98 Å². The van der Waals surface area contributed by atoms with Crippen LogP contribution in [0.4, 0.5) is 0 Å². The van der Waals surface area contributed by atoms with E-state index in [4.69, 9.17) is 14.3 Å². The number of carboxylic acid groups (broad SMARTS) is 1. The summed E-state index contributed by atoms with van der Waals surface area (Å²) in [6.45, 7) is 2.61. The Hall–Kier alpha value is -2.04. The van der Waals surface area contributed by atoms with E-state index in [9.17, 15) is 4.79 Å². The molecule has 17 heavy (non-hydrogen) atoms. The van der Waals surface area contributed by atoms with Gasteiger partial charge < -0.3 is 14.3 Å². The molecule has 0 amide bonds. The molecule has 0 bridgehead atoms. The van der Waals surface area contributed by atoms with Crippen LogP contribution < -0.4 is 4.74 Å². The van der Waals surface area contributed by atoms with Gasteiger partial charge in [-0.3, -0.25) is 0 Å². The number of aromatic carboxylic acids is 1. The van der Waals surface area contributed by atoms with Crippen LogP contribution in [-0.2, 0) is 0 Å². The van der Waals surface area contributed by atoms with Gasteiger partial charge >= 0.3 is 12.0 Å². The second-order valence-corrected chi connectivity index (χ2v) is 3.67. The predicted octanol–water partition coefficient (Wildman–Crippen LogP) is 2.70. The van der Waals surface area contributed by atoms with Gasteiger partial charge in [0.1, 0.15) is 5.52 Å². The molecular weight excluding hydrogens is 222 g/mol. The zero-order valence-corrected chi connectivity index (χ0v) is 9.47. The van der Waals surface area contributed by atoms with Crippen LogP contribution in [0.1, 0.15) is 30.1 Å². The van der Waals surface area contributed by atoms with Gasteiger partial charge in [0, 0.05) is 0 Å². The van der Waals surface area contributed by atoms with Gasteiger partial charge in [0.15, 0.2) is 5.58 Å². The predicted molar refractivity (Wildman–Crippen MR) is 61.4 cm³/mol. The first-order valence-corrected chi connectivity index (χ1v) is 5.47.